The quantitative estimate of drug-likeness (QED) is 0.605. The number of pyridine rings is 1. The molecule has 0 spiro atoms. The van der Waals surface area contributed by atoms with Crippen molar-refractivity contribution < 1.29 is 0 Å². The molecule has 0 saturated carbocycles. The third-order valence-corrected chi connectivity index (χ3v) is 7.43. The molecular weight excluding hydrogens is 362 g/mol. The molecule has 1 atom stereocenters. The summed E-state index contributed by atoms with van der Waals surface area (Å²) in [5, 5.41) is 2.21. The molecule has 134 valence electrons. The fourth-order valence-electron chi connectivity index (χ4n) is 4.50. The summed E-state index contributed by atoms with van der Waals surface area (Å²) in [6.07, 6.45) is 6.01. The van der Waals surface area contributed by atoms with E-state index in [0.29, 0.717) is 0 Å². The van der Waals surface area contributed by atoms with Gasteiger partial charge >= 0.3 is 0 Å². The van der Waals surface area contributed by atoms with Gasteiger partial charge in [0.2, 0.25) is 0 Å². The molecule has 2 aliphatic rings. The molecule has 3 nitrogen and oxygen atoms in total. The monoisotopic (exact) mass is 383 g/mol. The number of rotatable bonds is 1. The van der Waals surface area contributed by atoms with Crippen LogP contribution < -0.4 is 0 Å². The van der Waals surface area contributed by atoms with Gasteiger partial charge in [-0.1, -0.05) is 11.6 Å². The maximum absolute atomic E-state index is 6.54. The molecule has 0 saturated heterocycles. The van der Waals surface area contributed by atoms with Crippen LogP contribution >= 0.6 is 23.4 Å². The summed E-state index contributed by atoms with van der Waals surface area (Å²) in [6, 6.07) is 8.62. The highest BCUT2D eigenvalue weighted by Crippen LogP contribution is 2.51. The molecule has 26 heavy (non-hydrogen) atoms. The Bertz CT molecular complexity index is 998. The van der Waals surface area contributed by atoms with Gasteiger partial charge in [0.1, 0.15) is 0 Å². The fourth-order valence-corrected chi connectivity index (χ4v) is 6.21. The molecule has 2 aromatic heterocycles. The maximum Gasteiger partial charge on any atom is 0.0625 e. The van der Waals surface area contributed by atoms with E-state index in [9.17, 15) is 0 Å². The Labute approximate surface area is 163 Å². The van der Waals surface area contributed by atoms with Crippen LogP contribution in [0.2, 0.25) is 5.02 Å². The Morgan fingerprint density at radius 2 is 1.92 bits per heavy atom. The minimum absolute atomic E-state index is 0.0153. The van der Waals surface area contributed by atoms with Crippen molar-refractivity contribution in [3.05, 3.63) is 58.5 Å². The lowest BCUT2D eigenvalue weighted by atomic mass is 10.0. The van der Waals surface area contributed by atoms with Crippen molar-refractivity contribution in [2.45, 2.75) is 36.0 Å². The van der Waals surface area contributed by atoms with Crippen LogP contribution in [0.4, 0.5) is 0 Å². The first-order valence-electron chi connectivity index (χ1n) is 9.17. The molecule has 0 N–H and O–H groups in total. The summed E-state index contributed by atoms with van der Waals surface area (Å²) in [6.45, 7) is 5.57. The van der Waals surface area contributed by atoms with Gasteiger partial charge < -0.3 is 9.47 Å². The largest absolute Gasteiger partial charge is 0.342 e. The second kappa shape index (κ2) is 6.01. The van der Waals surface area contributed by atoms with Crippen LogP contribution in [0.1, 0.15) is 23.7 Å². The highest BCUT2D eigenvalue weighted by molar-refractivity contribution is 8.00. The van der Waals surface area contributed by atoms with Crippen molar-refractivity contribution >= 4 is 34.3 Å². The number of likely N-dealkylation sites (N-methyl/N-ethyl adjacent to an activating group) is 1. The molecule has 0 bridgehead atoms. The highest BCUT2D eigenvalue weighted by atomic mass is 35.5. The van der Waals surface area contributed by atoms with E-state index in [1.165, 1.54) is 32.6 Å². The van der Waals surface area contributed by atoms with Crippen LogP contribution in [-0.2, 0) is 24.1 Å². The van der Waals surface area contributed by atoms with Gasteiger partial charge in [-0.3, -0.25) is 4.98 Å². The zero-order valence-electron chi connectivity index (χ0n) is 15.1. The second-order valence-electron chi connectivity index (χ2n) is 7.68. The molecule has 2 aliphatic heterocycles. The van der Waals surface area contributed by atoms with Crippen molar-refractivity contribution in [3.8, 4) is 0 Å². The average Bonchev–Trinajstić information content (AvgIpc) is 2.78. The molecule has 0 fully saturated rings. The summed E-state index contributed by atoms with van der Waals surface area (Å²) in [7, 11) is 2.22. The van der Waals surface area contributed by atoms with Gasteiger partial charge in [-0.2, -0.15) is 0 Å². The van der Waals surface area contributed by atoms with Crippen molar-refractivity contribution in [3.63, 3.8) is 0 Å². The number of thioether (sulfide) groups is 1. The molecule has 3 aromatic rings. The molecule has 0 amide bonds. The number of fused-ring (bicyclic) bond motifs is 3. The number of hydrogen-bond acceptors (Lipinski definition) is 3. The summed E-state index contributed by atoms with van der Waals surface area (Å²) >= 11 is 8.49. The van der Waals surface area contributed by atoms with E-state index in [4.69, 9.17) is 11.6 Å². The smallest absolute Gasteiger partial charge is 0.0625 e. The Kier molecular flexibility index (Phi) is 3.85. The lowest BCUT2D eigenvalue weighted by Crippen LogP contribution is -2.29. The minimum atomic E-state index is -0.0153. The van der Waals surface area contributed by atoms with E-state index in [1.54, 1.807) is 0 Å². The molecule has 5 heteroatoms. The van der Waals surface area contributed by atoms with E-state index in [0.717, 1.165) is 37.5 Å². The van der Waals surface area contributed by atoms with Gasteiger partial charge in [-0.25, -0.2) is 0 Å². The van der Waals surface area contributed by atoms with Crippen molar-refractivity contribution in [2.24, 2.45) is 0 Å². The van der Waals surface area contributed by atoms with Gasteiger partial charge in [-0.15, -0.1) is 11.8 Å². The third kappa shape index (κ3) is 2.50. The molecule has 4 heterocycles. The Morgan fingerprint density at radius 3 is 2.73 bits per heavy atom. The van der Waals surface area contributed by atoms with Crippen LogP contribution in [0.5, 0.6) is 0 Å². The lowest BCUT2D eigenvalue weighted by molar-refractivity contribution is 0.350. The number of halogens is 1. The molecule has 5 rings (SSSR count). The average molecular weight is 384 g/mol. The molecule has 0 radical (unpaired) electrons. The Morgan fingerprint density at radius 1 is 1.15 bits per heavy atom. The molecular formula is C21H22ClN3S. The van der Waals surface area contributed by atoms with E-state index in [2.05, 4.69) is 52.7 Å². The topological polar surface area (TPSA) is 21.1 Å². The predicted octanol–water partition coefficient (Wildman–Crippen LogP) is 4.74. The SMILES string of the molecule is CN1CCc2c(n3c4c(cc(Cl)cc24)SC(C)(c2ccncc2)C3)CC1. The van der Waals surface area contributed by atoms with E-state index in [1.807, 2.05) is 24.2 Å². The molecule has 1 aromatic carbocycles. The van der Waals surface area contributed by atoms with Crippen LogP contribution in [0.3, 0.4) is 0 Å². The van der Waals surface area contributed by atoms with E-state index >= 15 is 0 Å². The molecule has 1 unspecified atom stereocenters. The predicted molar refractivity (Wildman–Crippen MR) is 109 cm³/mol. The van der Waals surface area contributed by atoms with Gasteiger partial charge in [0.15, 0.2) is 0 Å². The number of hydrogen-bond donors (Lipinski definition) is 0. The standard InChI is InChI=1S/C21H22ClN3S/c1-21(14-3-7-23-8-4-14)13-25-18-6-10-24(2)9-5-16(18)17-11-15(22)12-19(26-21)20(17)25/h3-4,7-8,11-12H,5-6,9-10,13H2,1-2H3. The van der Waals surface area contributed by atoms with Crippen molar-refractivity contribution in [1.29, 1.82) is 0 Å². The van der Waals surface area contributed by atoms with E-state index in [-0.39, 0.29) is 4.75 Å². The Hall–Kier alpha value is -1.49. The van der Waals surface area contributed by atoms with Gasteiger partial charge in [0.25, 0.3) is 0 Å². The first kappa shape index (κ1) is 16.7. The van der Waals surface area contributed by atoms with Crippen LogP contribution in [0, 0.1) is 0 Å². The van der Waals surface area contributed by atoms with E-state index < -0.39 is 0 Å². The molecule has 0 aliphatic carbocycles. The second-order valence-corrected chi connectivity index (χ2v) is 9.66. The normalized spacial score (nSPS) is 23.0. The zero-order chi connectivity index (χ0) is 17.9. The van der Waals surface area contributed by atoms with Crippen molar-refractivity contribution in [1.82, 2.24) is 14.5 Å². The van der Waals surface area contributed by atoms with Gasteiger partial charge in [0, 0.05) is 59.4 Å². The van der Waals surface area contributed by atoms with Crippen LogP contribution in [-0.4, -0.2) is 34.6 Å². The van der Waals surface area contributed by atoms with Crippen LogP contribution in [0.25, 0.3) is 10.9 Å². The van der Waals surface area contributed by atoms with Crippen LogP contribution in [0.15, 0.2) is 41.6 Å². The summed E-state index contributed by atoms with van der Waals surface area (Å²) in [4.78, 5) is 7.95. The zero-order valence-corrected chi connectivity index (χ0v) is 16.7. The summed E-state index contributed by atoms with van der Waals surface area (Å²) in [5.41, 5.74) is 5.73. The van der Waals surface area contributed by atoms with Crippen molar-refractivity contribution in [2.75, 3.05) is 20.1 Å². The third-order valence-electron chi connectivity index (χ3n) is 5.87. The Balaban J connectivity index is 1.74. The lowest BCUT2D eigenvalue weighted by Gasteiger charge is -2.35. The van der Waals surface area contributed by atoms with Gasteiger partial charge in [0.05, 0.1) is 10.3 Å². The maximum atomic E-state index is 6.54. The first-order valence-corrected chi connectivity index (χ1v) is 10.4. The fraction of sp³-hybridized carbons (Fsp3) is 0.381. The summed E-state index contributed by atoms with van der Waals surface area (Å²) < 4.78 is 2.57. The number of aromatic nitrogens is 2. The minimum Gasteiger partial charge on any atom is -0.342 e. The number of benzene rings is 1. The summed E-state index contributed by atoms with van der Waals surface area (Å²) in [5.74, 6) is 0. The highest BCUT2D eigenvalue weighted by Gasteiger charge is 2.37. The number of nitrogens with zero attached hydrogens (tertiary/aromatic N) is 3. The van der Waals surface area contributed by atoms with Gasteiger partial charge in [-0.05, 0) is 55.8 Å². The first-order chi connectivity index (χ1) is 12.5.